The zero-order valence-corrected chi connectivity index (χ0v) is 18.2. The van der Waals surface area contributed by atoms with E-state index < -0.39 is 23.6 Å². The van der Waals surface area contributed by atoms with E-state index in [4.69, 9.17) is 11.6 Å². The van der Waals surface area contributed by atoms with Crippen LogP contribution < -0.4 is 5.32 Å². The molecule has 0 saturated heterocycles. The molecule has 0 spiro atoms. The minimum atomic E-state index is -0.976. The molecule has 1 fully saturated rings. The molecule has 4 nitrogen and oxygen atoms in total. The summed E-state index contributed by atoms with van der Waals surface area (Å²) in [5.41, 5.74) is 1.15. The maximum Gasteiger partial charge on any atom is 0.247 e. The molecule has 166 valence electrons. The van der Waals surface area contributed by atoms with Crippen LogP contribution in [0.5, 0.6) is 0 Å². The van der Waals surface area contributed by atoms with Crippen molar-refractivity contribution in [2.24, 2.45) is 5.92 Å². The molecular formula is C24H27ClF2N2O2. The van der Waals surface area contributed by atoms with Gasteiger partial charge < -0.3 is 10.2 Å². The van der Waals surface area contributed by atoms with Crippen molar-refractivity contribution in [2.75, 3.05) is 5.88 Å². The summed E-state index contributed by atoms with van der Waals surface area (Å²) in [6.07, 6.45) is 3.83. The van der Waals surface area contributed by atoms with Crippen LogP contribution in [0, 0.1) is 17.6 Å². The Labute approximate surface area is 186 Å². The smallest absolute Gasteiger partial charge is 0.247 e. The highest BCUT2D eigenvalue weighted by Crippen LogP contribution is 2.27. The van der Waals surface area contributed by atoms with E-state index in [1.54, 1.807) is 12.1 Å². The standard InChI is InChI=1S/C24H27ClF2N2O2/c1-16-2-12-21(13-3-16)28-24(31)23(18-6-10-20(27)11-7-18)29(22(30)14-25)15-17-4-8-19(26)9-5-17/h4-11,16,21,23H,2-3,12-15H2,1H3,(H,28,31)/t16?,21?,23-/m0/s1. The summed E-state index contributed by atoms with van der Waals surface area (Å²) in [6, 6.07) is 10.3. The van der Waals surface area contributed by atoms with Crippen LogP contribution in [0.2, 0.25) is 0 Å². The Bertz CT molecular complexity index is 881. The molecule has 1 aliphatic rings. The van der Waals surface area contributed by atoms with Crippen molar-refractivity contribution in [1.82, 2.24) is 10.2 Å². The number of nitrogens with zero attached hydrogens (tertiary/aromatic N) is 1. The molecule has 0 aromatic heterocycles. The number of benzene rings is 2. The molecular weight excluding hydrogens is 422 g/mol. The molecule has 2 aromatic rings. The largest absolute Gasteiger partial charge is 0.351 e. The van der Waals surface area contributed by atoms with Crippen molar-refractivity contribution in [1.29, 1.82) is 0 Å². The second-order valence-electron chi connectivity index (χ2n) is 8.20. The average molecular weight is 449 g/mol. The van der Waals surface area contributed by atoms with Gasteiger partial charge in [0.15, 0.2) is 0 Å². The maximum atomic E-state index is 13.5. The summed E-state index contributed by atoms with van der Waals surface area (Å²) in [5, 5.41) is 3.08. The third-order valence-corrected chi connectivity index (χ3v) is 6.04. The summed E-state index contributed by atoms with van der Waals surface area (Å²) in [6.45, 7) is 2.27. The summed E-state index contributed by atoms with van der Waals surface area (Å²) in [7, 11) is 0. The molecule has 1 saturated carbocycles. The molecule has 31 heavy (non-hydrogen) atoms. The Morgan fingerprint density at radius 2 is 1.55 bits per heavy atom. The molecule has 1 atom stereocenters. The van der Waals surface area contributed by atoms with Gasteiger partial charge >= 0.3 is 0 Å². The molecule has 1 aliphatic carbocycles. The Kier molecular flexibility index (Phi) is 8.02. The first kappa shape index (κ1) is 23.2. The van der Waals surface area contributed by atoms with Gasteiger partial charge in [-0.2, -0.15) is 0 Å². The van der Waals surface area contributed by atoms with Crippen LogP contribution in [0.1, 0.15) is 49.8 Å². The fourth-order valence-corrected chi connectivity index (χ4v) is 4.14. The number of hydrogen-bond donors (Lipinski definition) is 1. The Morgan fingerprint density at radius 3 is 2.10 bits per heavy atom. The van der Waals surface area contributed by atoms with Gasteiger partial charge in [-0.05, 0) is 67.0 Å². The zero-order chi connectivity index (χ0) is 22.4. The highest BCUT2D eigenvalue weighted by atomic mass is 35.5. The number of carbonyl (C=O) groups excluding carboxylic acids is 2. The molecule has 2 aromatic carbocycles. The summed E-state index contributed by atoms with van der Waals surface area (Å²) in [5.74, 6) is -1.27. The lowest BCUT2D eigenvalue weighted by molar-refractivity contribution is -0.140. The number of rotatable bonds is 7. The predicted octanol–water partition coefficient (Wildman–Crippen LogP) is 4.97. The first-order valence-corrected chi connectivity index (χ1v) is 11.1. The lowest BCUT2D eigenvalue weighted by Crippen LogP contribution is -2.47. The fourth-order valence-electron chi connectivity index (χ4n) is 3.99. The van der Waals surface area contributed by atoms with Crippen LogP contribution in [0.15, 0.2) is 48.5 Å². The van der Waals surface area contributed by atoms with Gasteiger partial charge in [-0.25, -0.2) is 8.78 Å². The number of hydrogen-bond acceptors (Lipinski definition) is 2. The lowest BCUT2D eigenvalue weighted by atomic mass is 9.87. The maximum absolute atomic E-state index is 13.5. The van der Waals surface area contributed by atoms with Crippen LogP contribution in [-0.4, -0.2) is 28.6 Å². The normalized spacial score (nSPS) is 19.5. The van der Waals surface area contributed by atoms with Crippen molar-refractivity contribution in [2.45, 2.75) is 51.2 Å². The highest BCUT2D eigenvalue weighted by molar-refractivity contribution is 6.27. The molecule has 0 radical (unpaired) electrons. The number of carbonyl (C=O) groups is 2. The summed E-state index contributed by atoms with van der Waals surface area (Å²) < 4.78 is 26.9. The van der Waals surface area contributed by atoms with E-state index in [9.17, 15) is 18.4 Å². The summed E-state index contributed by atoms with van der Waals surface area (Å²) in [4.78, 5) is 27.5. The van der Waals surface area contributed by atoms with E-state index in [2.05, 4.69) is 12.2 Å². The van der Waals surface area contributed by atoms with Crippen molar-refractivity contribution < 1.29 is 18.4 Å². The van der Waals surface area contributed by atoms with Crippen molar-refractivity contribution in [3.8, 4) is 0 Å². The molecule has 1 N–H and O–H groups in total. The fraction of sp³-hybridized carbons (Fsp3) is 0.417. The van der Waals surface area contributed by atoms with Crippen molar-refractivity contribution >= 4 is 23.4 Å². The Morgan fingerprint density at radius 1 is 1.00 bits per heavy atom. The quantitative estimate of drug-likeness (QED) is 0.608. The van der Waals surface area contributed by atoms with Gasteiger partial charge in [0.05, 0.1) is 0 Å². The van der Waals surface area contributed by atoms with Gasteiger partial charge in [0.2, 0.25) is 11.8 Å². The first-order chi connectivity index (χ1) is 14.9. The van der Waals surface area contributed by atoms with Gasteiger partial charge in [-0.15, -0.1) is 11.6 Å². The predicted molar refractivity (Wildman–Crippen MR) is 116 cm³/mol. The lowest BCUT2D eigenvalue weighted by Gasteiger charge is -2.34. The van der Waals surface area contributed by atoms with E-state index in [1.165, 1.54) is 41.3 Å². The molecule has 0 unspecified atom stereocenters. The minimum Gasteiger partial charge on any atom is -0.351 e. The topological polar surface area (TPSA) is 49.4 Å². The van der Waals surface area contributed by atoms with E-state index in [1.807, 2.05) is 0 Å². The highest BCUT2D eigenvalue weighted by Gasteiger charge is 2.33. The monoisotopic (exact) mass is 448 g/mol. The van der Waals surface area contributed by atoms with Crippen LogP contribution >= 0.6 is 11.6 Å². The van der Waals surface area contributed by atoms with Crippen LogP contribution in [0.3, 0.4) is 0 Å². The molecule has 0 heterocycles. The number of nitrogens with one attached hydrogen (secondary N) is 1. The SMILES string of the molecule is CC1CCC(NC(=O)[C@H](c2ccc(F)cc2)N(Cc2ccc(F)cc2)C(=O)CCl)CC1. The Balaban J connectivity index is 1.90. The third kappa shape index (κ3) is 6.26. The number of alkyl halides is 1. The zero-order valence-electron chi connectivity index (χ0n) is 17.5. The second kappa shape index (κ2) is 10.7. The third-order valence-electron chi connectivity index (χ3n) is 5.81. The second-order valence-corrected chi connectivity index (χ2v) is 8.47. The van der Waals surface area contributed by atoms with Crippen molar-refractivity contribution in [3.05, 3.63) is 71.3 Å². The van der Waals surface area contributed by atoms with Gasteiger partial charge in [0.25, 0.3) is 0 Å². The van der Waals surface area contributed by atoms with E-state index >= 15 is 0 Å². The van der Waals surface area contributed by atoms with Gasteiger partial charge in [-0.1, -0.05) is 31.2 Å². The van der Waals surface area contributed by atoms with Crippen LogP contribution in [-0.2, 0) is 16.1 Å². The van der Waals surface area contributed by atoms with Crippen LogP contribution in [0.4, 0.5) is 8.78 Å². The van der Waals surface area contributed by atoms with E-state index in [-0.39, 0.29) is 24.4 Å². The van der Waals surface area contributed by atoms with E-state index in [0.717, 1.165) is 25.7 Å². The van der Waals surface area contributed by atoms with Crippen LogP contribution in [0.25, 0.3) is 0 Å². The first-order valence-electron chi connectivity index (χ1n) is 10.5. The molecule has 0 aliphatic heterocycles. The number of halogens is 3. The number of amides is 2. The Hall–Kier alpha value is -2.47. The molecule has 3 rings (SSSR count). The minimum absolute atomic E-state index is 0.0328. The van der Waals surface area contributed by atoms with Gasteiger partial charge in [0.1, 0.15) is 23.6 Å². The summed E-state index contributed by atoms with van der Waals surface area (Å²) >= 11 is 5.86. The molecule has 2 amide bonds. The van der Waals surface area contributed by atoms with Crippen molar-refractivity contribution in [3.63, 3.8) is 0 Å². The molecule has 7 heteroatoms. The average Bonchev–Trinajstić information content (AvgIpc) is 2.77. The van der Waals surface area contributed by atoms with E-state index in [0.29, 0.717) is 17.0 Å². The van der Waals surface area contributed by atoms with Gasteiger partial charge in [0, 0.05) is 12.6 Å². The van der Waals surface area contributed by atoms with Gasteiger partial charge in [-0.3, -0.25) is 9.59 Å². The molecule has 0 bridgehead atoms.